The van der Waals surface area contributed by atoms with Gasteiger partial charge < -0.3 is 24.5 Å². The summed E-state index contributed by atoms with van der Waals surface area (Å²) in [6.45, 7) is 0.283. The zero-order chi connectivity index (χ0) is 19.8. The molecule has 3 rings (SSSR count). The number of hydrogen-bond acceptors (Lipinski definition) is 5. The van der Waals surface area contributed by atoms with Gasteiger partial charge in [-0.25, -0.2) is 9.78 Å². The third kappa shape index (κ3) is 5.31. The first-order chi connectivity index (χ1) is 13.6. The second kappa shape index (κ2) is 9.52. The van der Waals surface area contributed by atoms with Crippen LogP contribution in [0.25, 0.3) is 11.0 Å². The van der Waals surface area contributed by atoms with Crippen molar-refractivity contribution in [2.24, 2.45) is 0 Å². The van der Waals surface area contributed by atoms with Crippen molar-refractivity contribution in [2.45, 2.75) is 13.2 Å². The molecule has 1 amide bonds. The standard InChI is InChI=1S/C20H21N3O5/c24-19(21-10-11-27-14-20(25)26)12-23-17-9-5-4-8-16(17)22-18(23)13-28-15-6-2-1-3-7-15/h1-9H,10-14H2,(H,21,24)(H,25,26). The molecule has 0 spiro atoms. The smallest absolute Gasteiger partial charge is 0.329 e. The fourth-order valence-corrected chi connectivity index (χ4v) is 2.70. The van der Waals surface area contributed by atoms with E-state index >= 15 is 0 Å². The number of hydrogen-bond donors (Lipinski definition) is 2. The van der Waals surface area contributed by atoms with Gasteiger partial charge in [-0.05, 0) is 24.3 Å². The number of fused-ring (bicyclic) bond motifs is 1. The van der Waals surface area contributed by atoms with Gasteiger partial charge in [0.05, 0.1) is 17.6 Å². The highest BCUT2D eigenvalue weighted by Gasteiger charge is 2.14. The number of rotatable bonds is 10. The summed E-state index contributed by atoms with van der Waals surface area (Å²) in [6.07, 6.45) is 0. The zero-order valence-corrected chi connectivity index (χ0v) is 15.2. The van der Waals surface area contributed by atoms with Gasteiger partial charge in [0.15, 0.2) is 0 Å². The Morgan fingerprint density at radius 3 is 2.61 bits per heavy atom. The van der Waals surface area contributed by atoms with E-state index in [-0.39, 0.29) is 38.8 Å². The molecule has 146 valence electrons. The Morgan fingerprint density at radius 1 is 1.07 bits per heavy atom. The van der Waals surface area contributed by atoms with Crippen molar-refractivity contribution in [1.29, 1.82) is 0 Å². The molecule has 0 saturated carbocycles. The highest BCUT2D eigenvalue weighted by molar-refractivity contribution is 5.81. The third-order valence-electron chi connectivity index (χ3n) is 3.94. The van der Waals surface area contributed by atoms with Gasteiger partial charge >= 0.3 is 5.97 Å². The predicted octanol–water partition coefficient (Wildman–Crippen LogP) is 1.83. The number of para-hydroxylation sites is 3. The molecule has 0 saturated heterocycles. The fraction of sp³-hybridized carbons (Fsp3) is 0.250. The number of carboxylic acids is 1. The van der Waals surface area contributed by atoms with Crippen LogP contribution in [-0.4, -0.2) is 46.3 Å². The number of nitrogens with one attached hydrogen (secondary N) is 1. The Labute approximate surface area is 161 Å². The van der Waals surface area contributed by atoms with Gasteiger partial charge in [-0.2, -0.15) is 0 Å². The summed E-state index contributed by atoms with van der Waals surface area (Å²) in [5.41, 5.74) is 1.62. The van der Waals surface area contributed by atoms with Crippen LogP contribution in [0.1, 0.15) is 5.82 Å². The van der Waals surface area contributed by atoms with E-state index in [9.17, 15) is 9.59 Å². The second-order valence-electron chi connectivity index (χ2n) is 6.00. The Kier molecular flexibility index (Phi) is 6.59. The van der Waals surface area contributed by atoms with Gasteiger partial charge in [0.25, 0.3) is 0 Å². The van der Waals surface area contributed by atoms with Crippen molar-refractivity contribution in [3.05, 3.63) is 60.4 Å². The fourth-order valence-electron chi connectivity index (χ4n) is 2.70. The molecule has 1 heterocycles. The summed E-state index contributed by atoms with van der Waals surface area (Å²) in [5.74, 6) is 0.103. The van der Waals surface area contributed by atoms with E-state index in [1.54, 1.807) is 0 Å². The quantitative estimate of drug-likeness (QED) is 0.518. The summed E-state index contributed by atoms with van der Waals surface area (Å²) in [4.78, 5) is 27.3. The Morgan fingerprint density at radius 2 is 1.82 bits per heavy atom. The maximum Gasteiger partial charge on any atom is 0.329 e. The number of carbonyl (C=O) groups is 2. The minimum atomic E-state index is -1.04. The van der Waals surface area contributed by atoms with E-state index in [2.05, 4.69) is 10.3 Å². The molecule has 0 fully saturated rings. The monoisotopic (exact) mass is 383 g/mol. The Bertz CT molecular complexity index is 939. The highest BCUT2D eigenvalue weighted by atomic mass is 16.5. The van der Waals surface area contributed by atoms with Crippen molar-refractivity contribution in [3.63, 3.8) is 0 Å². The van der Waals surface area contributed by atoms with E-state index in [0.29, 0.717) is 5.82 Å². The van der Waals surface area contributed by atoms with Crippen molar-refractivity contribution in [2.75, 3.05) is 19.8 Å². The van der Waals surface area contributed by atoms with Gasteiger partial charge in [-0.15, -0.1) is 0 Å². The van der Waals surface area contributed by atoms with Crippen LogP contribution in [0, 0.1) is 0 Å². The average molecular weight is 383 g/mol. The van der Waals surface area contributed by atoms with Gasteiger partial charge in [0, 0.05) is 6.54 Å². The third-order valence-corrected chi connectivity index (χ3v) is 3.94. The SMILES string of the molecule is O=C(O)COCCNC(=O)Cn1c(COc2ccccc2)nc2ccccc21. The number of imidazole rings is 1. The first kappa shape index (κ1) is 19.4. The lowest BCUT2D eigenvalue weighted by molar-refractivity contribution is -0.142. The molecule has 8 nitrogen and oxygen atoms in total. The van der Waals surface area contributed by atoms with Crippen LogP contribution in [0.2, 0.25) is 0 Å². The molecule has 0 aliphatic heterocycles. The van der Waals surface area contributed by atoms with Crippen molar-refractivity contribution >= 4 is 22.9 Å². The molecule has 28 heavy (non-hydrogen) atoms. The minimum absolute atomic E-state index is 0.0763. The van der Waals surface area contributed by atoms with Gasteiger partial charge in [-0.3, -0.25) is 4.79 Å². The lowest BCUT2D eigenvalue weighted by atomic mass is 10.3. The number of carboxylic acid groups (broad SMARTS) is 1. The van der Waals surface area contributed by atoms with Crippen LogP contribution < -0.4 is 10.1 Å². The normalized spacial score (nSPS) is 10.7. The highest BCUT2D eigenvalue weighted by Crippen LogP contribution is 2.18. The molecule has 8 heteroatoms. The van der Waals surface area contributed by atoms with E-state index < -0.39 is 5.97 Å². The lowest BCUT2D eigenvalue weighted by Crippen LogP contribution is -2.31. The van der Waals surface area contributed by atoms with Crippen LogP contribution in [0.3, 0.4) is 0 Å². The molecular formula is C20H21N3O5. The predicted molar refractivity (Wildman–Crippen MR) is 102 cm³/mol. The summed E-state index contributed by atoms with van der Waals surface area (Å²) in [7, 11) is 0. The van der Waals surface area contributed by atoms with E-state index in [4.69, 9.17) is 14.6 Å². The molecule has 0 radical (unpaired) electrons. The number of benzene rings is 2. The molecule has 0 bridgehead atoms. The van der Waals surface area contributed by atoms with Crippen LogP contribution in [0.15, 0.2) is 54.6 Å². The lowest BCUT2D eigenvalue weighted by Gasteiger charge is -2.11. The number of aromatic nitrogens is 2. The molecule has 0 aliphatic carbocycles. The molecule has 0 unspecified atom stereocenters. The number of amides is 1. The van der Waals surface area contributed by atoms with Crippen LogP contribution in [-0.2, 0) is 27.5 Å². The van der Waals surface area contributed by atoms with Gasteiger partial charge in [-0.1, -0.05) is 30.3 Å². The topological polar surface area (TPSA) is 103 Å². The molecular weight excluding hydrogens is 362 g/mol. The van der Waals surface area contributed by atoms with E-state index in [1.165, 1.54) is 0 Å². The summed E-state index contributed by atoms with van der Waals surface area (Å²) >= 11 is 0. The molecule has 0 aliphatic rings. The van der Waals surface area contributed by atoms with E-state index in [0.717, 1.165) is 16.8 Å². The average Bonchev–Trinajstić information content (AvgIpc) is 3.04. The summed E-state index contributed by atoms with van der Waals surface area (Å²) in [6, 6.07) is 17.0. The molecule has 1 aromatic heterocycles. The number of carbonyl (C=O) groups excluding carboxylic acids is 1. The Balaban J connectivity index is 1.65. The number of ether oxygens (including phenoxy) is 2. The first-order valence-corrected chi connectivity index (χ1v) is 8.81. The Hall–Kier alpha value is -3.39. The summed E-state index contributed by atoms with van der Waals surface area (Å²) in [5, 5.41) is 11.2. The molecule has 3 aromatic rings. The molecule has 2 aromatic carbocycles. The maximum absolute atomic E-state index is 12.3. The molecule has 0 atom stereocenters. The van der Waals surface area contributed by atoms with E-state index in [1.807, 2.05) is 59.2 Å². The van der Waals surface area contributed by atoms with Crippen LogP contribution >= 0.6 is 0 Å². The summed E-state index contributed by atoms with van der Waals surface area (Å²) < 4.78 is 12.5. The molecule has 2 N–H and O–H groups in total. The van der Waals surface area contributed by atoms with Gasteiger partial charge in [0.1, 0.15) is 31.3 Å². The maximum atomic E-state index is 12.3. The van der Waals surface area contributed by atoms with Gasteiger partial charge in [0.2, 0.25) is 5.91 Å². The van der Waals surface area contributed by atoms with Crippen molar-refractivity contribution in [1.82, 2.24) is 14.9 Å². The van der Waals surface area contributed by atoms with Crippen molar-refractivity contribution in [3.8, 4) is 5.75 Å². The first-order valence-electron chi connectivity index (χ1n) is 8.81. The number of aliphatic carboxylic acids is 1. The minimum Gasteiger partial charge on any atom is -0.486 e. The largest absolute Gasteiger partial charge is 0.486 e. The number of nitrogens with zero attached hydrogens (tertiary/aromatic N) is 2. The van der Waals surface area contributed by atoms with Crippen LogP contribution in [0.4, 0.5) is 0 Å². The van der Waals surface area contributed by atoms with Crippen LogP contribution in [0.5, 0.6) is 5.75 Å². The second-order valence-corrected chi connectivity index (χ2v) is 6.00. The van der Waals surface area contributed by atoms with Crippen molar-refractivity contribution < 1.29 is 24.2 Å². The zero-order valence-electron chi connectivity index (χ0n) is 15.2.